The van der Waals surface area contributed by atoms with Crippen LogP contribution in [0.1, 0.15) is 11.1 Å². The van der Waals surface area contributed by atoms with Crippen LogP contribution in [-0.2, 0) is 9.47 Å². The number of hydrogen-bond acceptors (Lipinski definition) is 3. The van der Waals surface area contributed by atoms with Crippen molar-refractivity contribution in [3.05, 3.63) is 29.3 Å². The first kappa shape index (κ1) is 16.5. The summed E-state index contributed by atoms with van der Waals surface area (Å²) in [5, 5.41) is 2.90. The van der Waals surface area contributed by atoms with E-state index in [1.807, 2.05) is 32.0 Å². The van der Waals surface area contributed by atoms with Crippen LogP contribution in [0, 0.1) is 13.8 Å². The third-order valence-electron chi connectivity index (χ3n) is 3.18. The minimum absolute atomic E-state index is 0.137. The van der Waals surface area contributed by atoms with Crippen LogP contribution in [0.4, 0.5) is 10.5 Å². The Balaban J connectivity index is 2.65. The van der Waals surface area contributed by atoms with Gasteiger partial charge in [0.25, 0.3) is 0 Å². The van der Waals surface area contributed by atoms with E-state index in [1.165, 1.54) is 5.56 Å². The number of amides is 2. The molecule has 1 N–H and O–H groups in total. The smallest absolute Gasteiger partial charge is 0.321 e. The minimum atomic E-state index is -0.137. The maximum atomic E-state index is 12.2. The molecule has 5 heteroatoms. The van der Waals surface area contributed by atoms with Crippen molar-refractivity contribution >= 4 is 11.7 Å². The fourth-order valence-corrected chi connectivity index (χ4v) is 1.74. The molecule has 0 aliphatic carbocycles. The van der Waals surface area contributed by atoms with Gasteiger partial charge in [0.2, 0.25) is 0 Å². The summed E-state index contributed by atoms with van der Waals surface area (Å²) in [7, 11) is 3.24. The van der Waals surface area contributed by atoms with Gasteiger partial charge in [0.1, 0.15) is 0 Å². The highest BCUT2D eigenvalue weighted by Crippen LogP contribution is 2.14. The van der Waals surface area contributed by atoms with Gasteiger partial charge in [-0.25, -0.2) is 4.79 Å². The molecule has 0 aromatic heterocycles. The van der Waals surface area contributed by atoms with E-state index in [9.17, 15) is 4.79 Å². The van der Waals surface area contributed by atoms with E-state index in [4.69, 9.17) is 9.47 Å². The molecule has 1 aromatic carbocycles. The SMILES string of the molecule is COCCN(CCOC)C(=O)Nc1ccc(C)c(C)c1. The van der Waals surface area contributed by atoms with Crippen LogP contribution in [0.15, 0.2) is 18.2 Å². The molecule has 112 valence electrons. The average molecular weight is 280 g/mol. The molecule has 5 nitrogen and oxygen atoms in total. The second kappa shape index (κ2) is 8.55. The number of methoxy groups -OCH3 is 2. The fraction of sp³-hybridized carbons (Fsp3) is 0.533. The molecule has 0 aliphatic heterocycles. The van der Waals surface area contributed by atoms with E-state index in [1.54, 1.807) is 19.1 Å². The Morgan fingerprint density at radius 2 is 1.70 bits per heavy atom. The molecule has 0 saturated carbocycles. The summed E-state index contributed by atoms with van der Waals surface area (Å²) >= 11 is 0. The number of hydrogen-bond donors (Lipinski definition) is 1. The number of rotatable bonds is 7. The van der Waals surface area contributed by atoms with Crippen LogP contribution in [-0.4, -0.2) is 51.5 Å². The zero-order chi connectivity index (χ0) is 15.0. The third-order valence-corrected chi connectivity index (χ3v) is 3.18. The normalized spacial score (nSPS) is 10.4. The molecular formula is C15H24N2O3. The molecule has 0 atom stereocenters. The van der Waals surface area contributed by atoms with Gasteiger partial charge < -0.3 is 19.7 Å². The van der Waals surface area contributed by atoms with Gasteiger partial charge in [-0.1, -0.05) is 6.07 Å². The molecule has 2 amide bonds. The zero-order valence-corrected chi connectivity index (χ0v) is 12.7. The number of carbonyl (C=O) groups excluding carboxylic acids is 1. The average Bonchev–Trinajstić information content (AvgIpc) is 2.43. The summed E-state index contributed by atoms with van der Waals surface area (Å²) in [4.78, 5) is 13.9. The zero-order valence-electron chi connectivity index (χ0n) is 12.7. The first-order valence-corrected chi connectivity index (χ1v) is 6.69. The number of aryl methyl sites for hydroxylation is 2. The number of ether oxygens (including phenoxy) is 2. The lowest BCUT2D eigenvalue weighted by molar-refractivity contribution is 0.127. The lowest BCUT2D eigenvalue weighted by Gasteiger charge is -2.22. The number of urea groups is 1. The van der Waals surface area contributed by atoms with Crippen LogP contribution in [0.2, 0.25) is 0 Å². The first-order valence-electron chi connectivity index (χ1n) is 6.69. The van der Waals surface area contributed by atoms with Crippen molar-refractivity contribution in [3.63, 3.8) is 0 Å². The van der Waals surface area contributed by atoms with Gasteiger partial charge in [-0.3, -0.25) is 0 Å². The summed E-state index contributed by atoms with van der Waals surface area (Å²) in [6.07, 6.45) is 0. The second-order valence-electron chi connectivity index (χ2n) is 4.70. The Hall–Kier alpha value is -1.59. The number of nitrogens with one attached hydrogen (secondary N) is 1. The highest BCUT2D eigenvalue weighted by Gasteiger charge is 2.13. The molecule has 0 spiro atoms. The van der Waals surface area contributed by atoms with E-state index in [0.717, 1.165) is 11.3 Å². The largest absolute Gasteiger partial charge is 0.383 e. The van der Waals surface area contributed by atoms with Gasteiger partial charge in [0, 0.05) is 33.0 Å². The Labute approximate surface area is 120 Å². The van der Waals surface area contributed by atoms with Crippen molar-refractivity contribution in [3.8, 4) is 0 Å². The lowest BCUT2D eigenvalue weighted by Crippen LogP contribution is -2.39. The van der Waals surface area contributed by atoms with Crippen molar-refractivity contribution in [2.45, 2.75) is 13.8 Å². The lowest BCUT2D eigenvalue weighted by atomic mass is 10.1. The van der Waals surface area contributed by atoms with Gasteiger partial charge in [-0.15, -0.1) is 0 Å². The summed E-state index contributed by atoms with van der Waals surface area (Å²) in [6, 6.07) is 5.74. The molecule has 0 saturated heterocycles. The Bertz CT molecular complexity index is 427. The summed E-state index contributed by atoms with van der Waals surface area (Å²) in [6.45, 7) is 6.16. The Kier molecular flexibility index (Phi) is 7.04. The van der Waals surface area contributed by atoms with Crippen molar-refractivity contribution in [2.75, 3.05) is 45.8 Å². The van der Waals surface area contributed by atoms with Crippen LogP contribution >= 0.6 is 0 Å². The van der Waals surface area contributed by atoms with Gasteiger partial charge >= 0.3 is 6.03 Å². The second-order valence-corrected chi connectivity index (χ2v) is 4.70. The van der Waals surface area contributed by atoms with Crippen LogP contribution in [0.3, 0.4) is 0 Å². The number of nitrogens with zero attached hydrogens (tertiary/aromatic N) is 1. The van der Waals surface area contributed by atoms with Crippen LogP contribution < -0.4 is 5.32 Å². The van der Waals surface area contributed by atoms with Gasteiger partial charge in [-0.05, 0) is 37.1 Å². The molecule has 0 fully saturated rings. The molecule has 0 aliphatic rings. The van der Waals surface area contributed by atoms with E-state index >= 15 is 0 Å². The standard InChI is InChI=1S/C15H24N2O3/c1-12-5-6-14(11-13(12)2)16-15(18)17(7-9-19-3)8-10-20-4/h5-6,11H,7-10H2,1-4H3,(H,16,18). The predicted molar refractivity (Wildman–Crippen MR) is 80.3 cm³/mol. The van der Waals surface area contributed by atoms with Crippen molar-refractivity contribution in [1.82, 2.24) is 4.90 Å². The molecule has 1 aromatic rings. The van der Waals surface area contributed by atoms with E-state index in [2.05, 4.69) is 5.32 Å². The predicted octanol–water partition coefficient (Wildman–Crippen LogP) is 2.43. The third kappa shape index (κ3) is 5.19. The number of carbonyl (C=O) groups is 1. The molecule has 0 unspecified atom stereocenters. The fourth-order valence-electron chi connectivity index (χ4n) is 1.74. The highest BCUT2D eigenvalue weighted by molar-refractivity contribution is 5.89. The molecule has 20 heavy (non-hydrogen) atoms. The highest BCUT2D eigenvalue weighted by atomic mass is 16.5. The van der Waals surface area contributed by atoms with E-state index in [-0.39, 0.29) is 6.03 Å². The Morgan fingerprint density at radius 3 is 2.20 bits per heavy atom. The van der Waals surface area contributed by atoms with Gasteiger partial charge in [-0.2, -0.15) is 0 Å². The number of benzene rings is 1. The van der Waals surface area contributed by atoms with Crippen molar-refractivity contribution in [1.29, 1.82) is 0 Å². The molecule has 1 rings (SSSR count). The maximum absolute atomic E-state index is 12.2. The molecule has 0 radical (unpaired) electrons. The van der Waals surface area contributed by atoms with Crippen molar-refractivity contribution < 1.29 is 14.3 Å². The van der Waals surface area contributed by atoms with Crippen LogP contribution in [0.25, 0.3) is 0 Å². The first-order chi connectivity index (χ1) is 9.58. The summed E-state index contributed by atoms with van der Waals surface area (Å²) in [5.41, 5.74) is 3.17. The molecular weight excluding hydrogens is 256 g/mol. The molecule has 0 heterocycles. The Morgan fingerprint density at radius 1 is 1.10 bits per heavy atom. The van der Waals surface area contributed by atoms with E-state index < -0.39 is 0 Å². The number of anilines is 1. The minimum Gasteiger partial charge on any atom is -0.383 e. The van der Waals surface area contributed by atoms with Crippen LogP contribution in [0.5, 0.6) is 0 Å². The van der Waals surface area contributed by atoms with Gasteiger partial charge in [0.05, 0.1) is 13.2 Å². The topological polar surface area (TPSA) is 50.8 Å². The molecule has 0 bridgehead atoms. The maximum Gasteiger partial charge on any atom is 0.321 e. The quantitative estimate of drug-likeness (QED) is 0.834. The van der Waals surface area contributed by atoms with Crippen molar-refractivity contribution in [2.24, 2.45) is 0 Å². The summed E-state index contributed by atoms with van der Waals surface area (Å²) in [5.74, 6) is 0. The monoisotopic (exact) mass is 280 g/mol. The van der Waals surface area contributed by atoms with Gasteiger partial charge in [0.15, 0.2) is 0 Å². The summed E-state index contributed by atoms with van der Waals surface area (Å²) < 4.78 is 10.1. The van der Waals surface area contributed by atoms with E-state index in [0.29, 0.717) is 26.3 Å².